The molecule has 11 unspecified atom stereocenters. The van der Waals surface area contributed by atoms with Gasteiger partial charge in [-0.1, -0.05) is 47.2 Å². The van der Waals surface area contributed by atoms with E-state index in [4.69, 9.17) is 65.4 Å². The second-order valence-electron chi connectivity index (χ2n) is 23.1. The fourth-order valence-electron chi connectivity index (χ4n) is 10.5. The van der Waals surface area contributed by atoms with E-state index in [2.05, 4.69) is 110 Å². The summed E-state index contributed by atoms with van der Waals surface area (Å²) in [6.45, 7) is -19.4. The van der Waals surface area contributed by atoms with E-state index in [9.17, 15) is 109 Å². The summed E-state index contributed by atoms with van der Waals surface area (Å²) in [4.78, 5) is 197. The summed E-state index contributed by atoms with van der Waals surface area (Å²) >= 11 is 16.7. The number of imide groups is 1. The highest BCUT2D eigenvalue weighted by molar-refractivity contribution is 8.06. The van der Waals surface area contributed by atoms with Crippen LogP contribution in [-0.4, -0.2) is 283 Å². The summed E-state index contributed by atoms with van der Waals surface area (Å²) in [7, 11) is -4.99. The molecule has 0 bridgehead atoms. The Morgan fingerprint density at radius 2 is 0.900 bits per heavy atom. The summed E-state index contributed by atoms with van der Waals surface area (Å²) in [6, 6.07) is 1.49. The number of phosphoric acid groups is 1. The number of aromatic amines is 2. The van der Waals surface area contributed by atoms with Crippen molar-refractivity contribution in [2.24, 2.45) is 10.9 Å². The number of nitrogen functional groups attached to an aromatic ring is 3. The minimum absolute atomic E-state index is 0.0281. The lowest BCUT2D eigenvalue weighted by Crippen LogP contribution is -2.48. The third kappa shape index (κ3) is 23.5. The van der Waals surface area contributed by atoms with E-state index >= 15 is 0 Å². The monoisotopic (exact) mass is 1740 g/mol. The number of hydrogen-bond acceptors (Lipinski definition) is 45. The Morgan fingerprint density at radius 3 is 1.34 bits per heavy atom. The van der Waals surface area contributed by atoms with Crippen LogP contribution in [0.3, 0.4) is 0 Å². The van der Waals surface area contributed by atoms with Crippen molar-refractivity contribution in [1.29, 1.82) is 0 Å². The van der Waals surface area contributed by atoms with E-state index in [1.165, 1.54) is 40.4 Å². The quantitative estimate of drug-likeness (QED) is 0.0316. The van der Waals surface area contributed by atoms with Crippen molar-refractivity contribution in [1.82, 2.24) is 63.5 Å². The molecule has 26 atom stereocenters. The number of aliphatic hydroxyl groups is 10. The highest BCUT2D eigenvalue weighted by atomic mass is 32.5. The minimum atomic E-state index is -4.99. The second kappa shape index (κ2) is 36.8. The molecular weight excluding hydrogens is 1680 g/mol. The van der Waals surface area contributed by atoms with Crippen LogP contribution < -0.4 is 69.5 Å². The molecule has 6 aliphatic heterocycles. The van der Waals surface area contributed by atoms with Crippen LogP contribution >= 0.6 is 34.7 Å². The number of aliphatic hydroxyl groups excluding tert-OH is 10. The predicted molar refractivity (Wildman–Crippen MR) is 362 cm³/mol. The van der Waals surface area contributed by atoms with Crippen LogP contribution in [0.4, 0.5) is 22.4 Å². The molecule has 0 radical (unpaired) electrons. The first kappa shape index (κ1) is 89.8. The Balaban J connectivity index is 0.000000173. The molecule has 24 N–H and O–H groups in total. The number of carbonyl (C=O) groups is 2. The lowest BCUT2D eigenvalue weighted by atomic mass is 9.95. The Hall–Kier alpha value is -5.70. The molecule has 6 aromatic heterocycles. The first-order valence-corrected chi connectivity index (χ1v) is 42.1. The number of aliphatic imine (C=N–C) groups is 1. The van der Waals surface area contributed by atoms with Gasteiger partial charge in [0.2, 0.25) is 11.9 Å². The molecule has 3 amide bonds. The van der Waals surface area contributed by atoms with E-state index < -0.39 is 231 Å². The molecule has 0 saturated carbocycles. The highest BCUT2D eigenvalue weighted by Crippen LogP contribution is 2.41. The number of carbonyl (C=O) groups excluding carboxylic acids is 2. The number of fused-ring (bicyclic) bond motifs is 2. The number of H-pyrrole nitrogens is 2. The van der Waals surface area contributed by atoms with E-state index in [1.54, 1.807) is 0 Å². The standard InChI is InChI=1S/C10H14N5O7PS.C10H14N5O6PS.C9H14N3O8P.2C9H13N2O8PS/c11-10-13-7-4(8(18)14-10)12-2-15(7)9-6(17)5(16)3(22-9)1-21-23(19,20)24;11-8-5-9(13-2-12-8)15(3-14-5)10-7(17)6(16)4(21-10)1-20-22(18,19)23;10-5-1-2-12(9(15)11-5)8-7(14)6(13)4(20-8)3-19-21(16,17)18;12-5-4(2-18-20(16,17)21)19-7(6(5)13)3-1-10-9(15)11-8(3)14;12-5-1-2-11(9(15)10-5)8-7(14)6(13)4(19-8)3-18-20(16,17)21/h2-3,5-6,9,16-17H,1H2,(H2,19,20,24)(H3,11,13,14,18);2-4,6-7,10,16-17H,1H2,(H2,11,12,13)(H2,18,19,23);1-2,4,6-8,13-14H,3H2,(H2,10,11,15)(H2,16,17,18);1,3-7,12-13H,2H2,(H,11,14,15)(H2,16,17,21);1-2,4,6-8,13-14H,3H2,(H,10,12,15)(H2,16,17,21)/p-5/t3-,5+,6?,9-;4-,6+,7?,10-;4-,6+,7?,8-;3?,4-,5+,6?,7+;4-,6+,7?,8-/m11111/s1. The van der Waals surface area contributed by atoms with Gasteiger partial charge < -0.3 is 164 Å². The van der Waals surface area contributed by atoms with Crippen molar-refractivity contribution >= 4 is 140 Å². The normalized spacial score (nSPS) is 32.6. The number of ether oxygens (including phenoxy) is 5. The number of aromatic nitrogens is 12. The van der Waals surface area contributed by atoms with Crippen molar-refractivity contribution in [3.63, 3.8) is 0 Å². The Morgan fingerprint density at radius 1 is 0.491 bits per heavy atom. The SMILES string of the molecule is Nc1ccn([C@@H]2O[C@H](COP(=O)([O-])O)[C@H](O)C2O)c(=O)n1.Nc1nc2c(ncn2[C@@H]2O[C@H](COP([O-])(O)=S)[C@H](O)C2O)c(=O)[nH]1.Nc1ncnc2c1ncn2[C@@H]1O[C@H](COP([O-])(O)=S)[C@H](O)C1O.O=C1N=CC([C@@H]2O[C@H](COP([O-])(O)=S)[C@H](O)C2O)C(=O)N1.O=c1ccn([C@@H]2O[C@H](COP([O-])(O)=S)[C@H](O)C2O)c(=O)[nH]1. The Bertz CT molecular complexity index is 4790. The number of urea groups is 1. The van der Waals surface area contributed by atoms with Crippen LogP contribution in [0.1, 0.15) is 24.9 Å². The van der Waals surface area contributed by atoms with E-state index in [0.29, 0.717) is 11.2 Å². The first-order valence-electron chi connectivity index (χ1n) is 30.2. The molecule has 5 fully saturated rings. The van der Waals surface area contributed by atoms with Crippen LogP contribution in [0.15, 0.2) is 67.7 Å². The average molecular weight is 1740 g/mol. The van der Waals surface area contributed by atoms with Gasteiger partial charge >= 0.3 is 17.4 Å². The van der Waals surface area contributed by atoms with Gasteiger partial charge in [0.15, 0.2) is 47.5 Å². The number of hydrogen-bond donors (Lipinski definition) is 21. The number of phosphoric ester groups is 1. The van der Waals surface area contributed by atoms with Gasteiger partial charge in [0.25, 0.3) is 18.9 Å². The topological polar surface area (TPSA) is 862 Å². The predicted octanol–water partition coefficient (Wildman–Crippen LogP) is -14.8. The van der Waals surface area contributed by atoms with Crippen molar-refractivity contribution < 1.29 is 160 Å². The fourth-order valence-corrected chi connectivity index (χ4v) is 12.9. The number of rotatable bonds is 20. The second-order valence-corrected chi connectivity index (χ2v) is 34.7. The third-order valence-electron chi connectivity index (χ3n) is 15.6. The van der Waals surface area contributed by atoms with E-state index in [0.717, 1.165) is 27.6 Å². The van der Waals surface area contributed by atoms with Crippen molar-refractivity contribution in [2.75, 3.05) is 50.2 Å². The molecule has 6 aliphatic rings. The number of amides is 3. The van der Waals surface area contributed by atoms with Crippen molar-refractivity contribution in [3.05, 3.63) is 85.2 Å². The number of nitrogens with zero attached hydrogens (tertiary/aromatic N) is 11. The van der Waals surface area contributed by atoms with E-state index in [-0.39, 0.29) is 28.7 Å². The maximum atomic E-state index is 11.8. The fraction of sp³-hybridized carbons (Fsp3) is 0.553. The number of imidazole rings is 2. The molecule has 612 valence electrons. The molecule has 54 nitrogen and oxygen atoms in total. The minimum Gasteiger partial charge on any atom is -0.780 e. The molecule has 6 aromatic rings. The molecule has 12 heterocycles. The zero-order chi connectivity index (χ0) is 81.8. The van der Waals surface area contributed by atoms with Crippen molar-refractivity contribution in [2.45, 2.75) is 123 Å². The lowest BCUT2D eigenvalue weighted by molar-refractivity contribution is -0.223. The number of nitrogens with one attached hydrogen (secondary N) is 3. The highest BCUT2D eigenvalue weighted by Gasteiger charge is 2.51. The molecule has 63 heteroatoms. The van der Waals surface area contributed by atoms with Crippen LogP contribution in [0.25, 0.3) is 22.3 Å². The summed E-state index contributed by atoms with van der Waals surface area (Å²) in [6.07, 6.45) is -19.0. The number of nitrogens with two attached hydrogens (primary N) is 3. The van der Waals surface area contributed by atoms with Crippen LogP contribution in [0, 0.1) is 5.92 Å². The number of anilines is 3. The summed E-state index contributed by atoms with van der Waals surface area (Å²) in [5.74, 6) is -1.84. The van der Waals surface area contributed by atoms with Gasteiger partial charge in [0.1, 0.15) is 148 Å². The molecule has 110 heavy (non-hydrogen) atoms. The van der Waals surface area contributed by atoms with Crippen LogP contribution in [-0.2, 0) is 103 Å². The van der Waals surface area contributed by atoms with Gasteiger partial charge in [-0.15, -0.1) is 0 Å². The Labute approximate surface area is 630 Å². The van der Waals surface area contributed by atoms with Gasteiger partial charge in [-0.25, -0.2) is 39.3 Å². The van der Waals surface area contributed by atoms with Gasteiger partial charge in [-0.2, -0.15) is 9.97 Å². The maximum Gasteiger partial charge on any atom is 0.351 e. The smallest absolute Gasteiger partial charge is 0.351 e. The maximum absolute atomic E-state index is 11.8. The van der Waals surface area contributed by atoms with Gasteiger partial charge in [0.05, 0.1) is 45.7 Å². The summed E-state index contributed by atoms with van der Waals surface area (Å²) < 4.78 is 63.6. The van der Waals surface area contributed by atoms with Gasteiger partial charge in [0, 0.05) is 24.7 Å². The largest absolute Gasteiger partial charge is 0.780 e. The van der Waals surface area contributed by atoms with Crippen molar-refractivity contribution in [3.8, 4) is 0 Å². The molecule has 5 saturated heterocycles. The zero-order valence-electron chi connectivity index (χ0n) is 54.5. The Kier molecular flexibility index (Phi) is 30.1. The lowest BCUT2D eigenvalue weighted by Gasteiger charge is -2.24. The van der Waals surface area contributed by atoms with Crippen LogP contribution in [0.5, 0.6) is 0 Å². The summed E-state index contributed by atoms with van der Waals surface area (Å²) in [5, 5.41) is 101. The zero-order valence-corrected chi connectivity index (χ0v) is 62.2. The van der Waals surface area contributed by atoms with Gasteiger partial charge in [-0.05, 0) is 6.07 Å². The molecule has 0 spiro atoms. The average Bonchev–Trinajstić information content (AvgIpc) is 1.64. The summed E-state index contributed by atoms with van der Waals surface area (Å²) in [5.41, 5.74) is 14.3. The van der Waals surface area contributed by atoms with Gasteiger partial charge in [-0.3, -0.25) is 52.5 Å². The first-order chi connectivity index (χ1) is 51.0. The molecule has 0 aromatic carbocycles. The molecule has 0 aliphatic carbocycles. The molecule has 12 rings (SSSR count). The molecular formula is C47H63N17O37P5S4-5. The van der Waals surface area contributed by atoms with E-state index in [1.807, 2.05) is 10.3 Å². The van der Waals surface area contributed by atoms with Crippen LogP contribution in [0.2, 0.25) is 0 Å². The third-order valence-corrected chi connectivity index (χ3v) is 19.3.